The monoisotopic (exact) mass is 233 g/mol. The molecular weight excluding hydrogens is 214 g/mol. The largest absolute Gasteiger partial charge is 0.324 e. The van der Waals surface area contributed by atoms with Crippen LogP contribution in [0.3, 0.4) is 0 Å². The molecule has 0 unspecified atom stereocenters. The van der Waals surface area contributed by atoms with Gasteiger partial charge in [-0.05, 0) is 24.5 Å². The van der Waals surface area contributed by atoms with E-state index in [0.717, 1.165) is 5.69 Å². The standard InChI is InChI=1S/C13H19N3O/c1-10-6-5-7-11(15-10)16-12(17)14-9-8-13(2,3)4/h5-9H,1-4H3,(H2,14,15,16,17)/b9-8+. The molecule has 0 saturated carbocycles. The fourth-order valence-electron chi connectivity index (χ4n) is 1.13. The van der Waals surface area contributed by atoms with E-state index in [-0.39, 0.29) is 11.4 Å². The number of carbonyl (C=O) groups is 1. The Kier molecular flexibility index (Phi) is 4.26. The average Bonchev–Trinajstić information content (AvgIpc) is 2.15. The van der Waals surface area contributed by atoms with Crippen molar-refractivity contribution < 1.29 is 4.79 Å². The van der Waals surface area contributed by atoms with E-state index in [4.69, 9.17) is 0 Å². The van der Waals surface area contributed by atoms with Crippen LogP contribution < -0.4 is 10.6 Å². The number of anilines is 1. The van der Waals surface area contributed by atoms with Crippen LogP contribution in [0, 0.1) is 12.3 Å². The van der Waals surface area contributed by atoms with Gasteiger partial charge in [0.1, 0.15) is 5.82 Å². The summed E-state index contributed by atoms with van der Waals surface area (Å²) in [6, 6.07) is 5.19. The Hall–Kier alpha value is -1.84. The Morgan fingerprint density at radius 2 is 2.06 bits per heavy atom. The van der Waals surface area contributed by atoms with Crippen LogP contribution >= 0.6 is 0 Å². The molecule has 0 spiro atoms. The second-order valence-electron chi connectivity index (χ2n) is 4.96. The number of pyridine rings is 1. The van der Waals surface area contributed by atoms with Gasteiger partial charge in [-0.15, -0.1) is 0 Å². The normalized spacial score (nSPS) is 11.5. The zero-order valence-corrected chi connectivity index (χ0v) is 10.7. The molecular formula is C13H19N3O. The summed E-state index contributed by atoms with van der Waals surface area (Å²) in [4.78, 5) is 15.7. The number of allylic oxidation sites excluding steroid dienone is 1. The van der Waals surface area contributed by atoms with Gasteiger partial charge in [0.15, 0.2) is 0 Å². The molecule has 0 aliphatic rings. The Labute approximate surface area is 102 Å². The van der Waals surface area contributed by atoms with Crippen molar-refractivity contribution in [1.29, 1.82) is 0 Å². The predicted molar refractivity (Wildman–Crippen MR) is 69.7 cm³/mol. The molecule has 4 heteroatoms. The van der Waals surface area contributed by atoms with Gasteiger partial charge >= 0.3 is 6.03 Å². The van der Waals surface area contributed by atoms with Crippen molar-refractivity contribution in [3.8, 4) is 0 Å². The highest BCUT2D eigenvalue weighted by Crippen LogP contribution is 2.13. The number of aromatic nitrogens is 1. The van der Waals surface area contributed by atoms with E-state index < -0.39 is 0 Å². The van der Waals surface area contributed by atoms with Crippen molar-refractivity contribution >= 4 is 11.8 Å². The third-order valence-corrected chi connectivity index (χ3v) is 1.93. The molecule has 0 aliphatic carbocycles. The van der Waals surface area contributed by atoms with Gasteiger partial charge in [0, 0.05) is 11.9 Å². The van der Waals surface area contributed by atoms with Crippen LogP contribution in [-0.4, -0.2) is 11.0 Å². The second kappa shape index (κ2) is 5.48. The van der Waals surface area contributed by atoms with Gasteiger partial charge < -0.3 is 5.32 Å². The number of nitrogens with one attached hydrogen (secondary N) is 2. The van der Waals surface area contributed by atoms with Crippen LogP contribution in [0.15, 0.2) is 30.5 Å². The number of urea groups is 1. The second-order valence-corrected chi connectivity index (χ2v) is 4.96. The molecule has 1 heterocycles. The average molecular weight is 233 g/mol. The van der Waals surface area contributed by atoms with E-state index in [0.29, 0.717) is 5.82 Å². The summed E-state index contributed by atoms with van der Waals surface area (Å²) in [6.07, 6.45) is 3.57. The number of hydrogen-bond acceptors (Lipinski definition) is 2. The molecule has 0 bridgehead atoms. The highest BCUT2D eigenvalue weighted by Gasteiger charge is 2.04. The number of carbonyl (C=O) groups excluding carboxylic acids is 1. The molecule has 0 radical (unpaired) electrons. The summed E-state index contributed by atoms with van der Waals surface area (Å²) in [5.41, 5.74) is 0.919. The fraction of sp³-hybridized carbons (Fsp3) is 0.385. The third-order valence-electron chi connectivity index (χ3n) is 1.93. The van der Waals surface area contributed by atoms with Crippen molar-refractivity contribution in [3.63, 3.8) is 0 Å². The molecule has 1 aromatic heterocycles. The molecule has 0 aliphatic heterocycles. The zero-order chi connectivity index (χ0) is 12.9. The van der Waals surface area contributed by atoms with Gasteiger partial charge in [0.25, 0.3) is 0 Å². The minimum atomic E-state index is -0.288. The van der Waals surface area contributed by atoms with Crippen LogP contribution in [0.5, 0.6) is 0 Å². The summed E-state index contributed by atoms with van der Waals surface area (Å²) in [5, 5.41) is 5.29. The Balaban J connectivity index is 2.48. The van der Waals surface area contributed by atoms with Crippen molar-refractivity contribution in [3.05, 3.63) is 36.2 Å². The lowest BCUT2D eigenvalue weighted by Gasteiger charge is -2.11. The van der Waals surface area contributed by atoms with Crippen molar-refractivity contribution in [2.24, 2.45) is 5.41 Å². The number of rotatable bonds is 2. The van der Waals surface area contributed by atoms with Crippen molar-refractivity contribution in [1.82, 2.24) is 10.3 Å². The lowest BCUT2D eigenvalue weighted by Crippen LogP contribution is -2.24. The van der Waals surface area contributed by atoms with Crippen LogP contribution in [0.1, 0.15) is 26.5 Å². The van der Waals surface area contributed by atoms with Gasteiger partial charge in [0.2, 0.25) is 0 Å². The number of amides is 2. The Bertz CT molecular complexity index is 419. The van der Waals surface area contributed by atoms with Gasteiger partial charge in [-0.1, -0.05) is 32.9 Å². The lowest BCUT2D eigenvalue weighted by atomic mass is 9.97. The first kappa shape index (κ1) is 13.2. The minimum absolute atomic E-state index is 0.0505. The van der Waals surface area contributed by atoms with Crippen LogP contribution in [0.4, 0.5) is 10.6 Å². The van der Waals surface area contributed by atoms with E-state index in [1.165, 1.54) is 0 Å². The molecule has 17 heavy (non-hydrogen) atoms. The SMILES string of the molecule is Cc1cccc(NC(=O)N/C=C/C(C)(C)C)n1. The first-order valence-corrected chi connectivity index (χ1v) is 5.56. The molecule has 0 atom stereocenters. The molecule has 0 fully saturated rings. The highest BCUT2D eigenvalue weighted by molar-refractivity contribution is 5.88. The van der Waals surface area contributed by atoms with Gasteiger partial charge in [-0.25, -0.2) is 9.78 Å². The van der Waals surface area contributed by atoms with Gasteiger partial charge in [0.05, 0.1) is 0 Å². The molecule has 1 aromatic rings. The molecule has 4 nitrogen and oxygen atoms in total. The number of hydrogen-bond donors (Lipinski definition) is 2. The minimum Gasteiger partial charge on any atom is -0.315 e. The molecule has 2 N–H and O–H groups in total. The molecule has 1 rings (SSSR count). The van der Waals surface area contributed by atoms with Gasteiger partial charge in [-0.3, -0.25) is 5.32 Å². The summed E-state index contributed by atoms with van der Waals surface area (Å²) in [5.74, 6) is 0.548. The first-order chi connectivity index (χ1) is 7.87. The fourth-order valence-corrected chi connectivity index (χ4v) is 1.13. The zero-order valence-electron chi connectivity index (χ0n) is 10.7. The topological polar surface area (TPSA) is 54.0 Å². The van der Waals surface area contributed by atoms with Crippen LogP contribution in [0.25, 0.3) is 0 Å². The van der Waals surface area contributed by atoms with E-state index in [1.807, 2.05) is 25.1 Å². The summed E-state index contributed by atoms with van der Waals surface area (Å²) >= 11 is 0. The number of aryl methyl sites for hydroxylation is 1. The smallest absolute Gasteiger partial charge is 0.315 e. The van der Waals surface area contributed by atoms with E-state index in [2.05, 4.69) is 36.4 Å². The maximum Gasteiger partial charge on any atom is 0.324 e. The maximum atomic E-state index is 11.5. The van der Waals surface area contributed by atoms with Crippen LogP contribution in [0.2, 0.25) is 0 Å². The number of nitrogens with zero attached hydrogens (tertiary/aromatic N) is 1. The summed E-state index contributed by atoms with van der Waals surface area (Å²) < 4.78 is 0. The van der Waals surface area contributed by atoms with Crippen LogP contribution in [-0.2, 0) is 0 Å². The first-order valence-electron chi connectivity index (χ1n) is 5.56. The highest BCUT2D eigenvalue weighted by atomic mass is 16.2. The summed E-state index contributed by atoms with van der Waals surface area (Å²) in [6.45, 7) is 8.06. The molecule has 0 aromatic carbocycles. The third kappa shape index (κ3) is 5.70. The molecule has 2 amide bonds. The summed E-state index contributed by atoms with van der Waals surface area (Å²) in [7, 11) is 0. The maximum absolute atomic E-state index is 11.5. The van der Waals surface area contributed by atoms with Crippen molar-refractivity contribution in [2.45, 2.75) is 27.7 Å². The van der Waals surface area contributed by atoms with E-state index in [1.54, 1.807) is 12.3 Å². The predicted octanol–water partition coefficient (Wildman–Crippen LogP) is 3.07. The lowest BCUT2D eigenvalue weighted by molar-refractivity contribution is 0.255. The Morgan fingerprint density at radius 3 is 2.65 bits per heavy atom. The molecule has 0 saturated heterocycles. The quantitative estimate of drug-likeness (QED) is 0.824. The van der Waals surface area contributed by atoms with E-state index >= 15 is 0 Å². The molecule has 92 valence electrons. The van der Waals surface area contributed by atoms with E-state index in [9.17, 15) is 4.79 Å². The van der Waals surface area contributed by atoms with Crippen molar-refractivity contribution in [2.75, 3.05) is 5.32 Å². The van der Waals surface area contributed by atoms with Gasteiger partial charge in [-0.2, -0.15) is 0 Å². The Morgan fingerprint density at radius 1 is 1.35 bits per heavy atom.